The highest BCUT2D eigenvalue weighted by Crippen LogP contribution is 2.21. The molecule has 0 spiro atoms. The maximum absolute atomic E-state index is 13.7. The summed E-state index contributed by atoms with van der Waals surface area (Å²) in [5.74, 6) is -0.177. The van der Waals surface area contributed by atoms with Crippen LogP contribution in [0.5, 0.6) is 0 Å². The van der Waals surface area contributed by atoms with Crippen molar-refractivity contribution in [3.63, 3.8) is 0 Å². The number of hydrogen-bond donors (Lipinski definition) is 1. The van der Waals surface area contributed by atoms with Crippen LogP contribution in [0.25, 0.3) is 0 Å². The average Bonchev–Trinajstić information content (AvgIpc) is 2.67. The van der Waals surface area contributed by atoms with Crippen molar-refractivity contribution in [1.82, 2.24) is 4.90 Å². The number of nitrogens with zero attached hydrogens (tertiary/aromatic N) is 1. The Hall–Kier alpha value is -1.00. The van der Waals surface area contributed by atoms with Gasteiger partial charge in [-0.3, -0.25) is 4.90 Å². The molecule has 2 nitrogen and oxygen atoms in total. The smallest absolute Gasteiger partial charge is 0.127 e. The van der Waals surface area contributed by atoms with E-state index in [1.165, 1.54) is 18.9 Å². The van der Waals surface area contributed by atoms with Crippen molar-refractivity contribution >= 4 is 17.2 Å². The first-order chi connectivity index (χ1) is 8.08. The quantitative estimate of drug-likeness (QED) is 0.838. The first-order valence-electron chi connectivity index (χ1n) is 5.90. The Balaban J connectivity index is 2.19. The zero-order valence-corrected chi connectivity index (χ0v) is 10.8. The summed E-state index contributed by atoms with van der Waals surface area (Å²) in [6.07, 6.45) is 2.38. The number of thiocarbonyl (C=S) groups is 1. The number of likely N-dealkylation sites (tertiary alicyclic amines) is 1. The van der Waals surface area contributed by atoms with Crippen LogP contribution < -0.4 is 5.73 Å². The first kappa shape index (κ1) is 12.5. The van der Waals surface area contributed by atoms with Gasteiger partial charge in [0.2, 0.25) is 0 Å². The Morgan fingerprint density at radius 1 is 1.59 bits per heavy atom. The molecule has 0 amide bonds. The maximum atomic E-state index is 13.7. The zero-order chi connectivity index (χ0) is 12.4. The lowest BCUT2D eigenvalue weighted by Gasteiger charge is -2.21. The van der Waals surface area contributed by atoms with Gasteiger partial charge in [-0.15, -0.1) is 0 Å². The Morgan fingerprint density at radius 2 is 2.35 bits per heavy atom. The standard InChI is InChI=1S/C13H17FN2S/c1-9-3-2-6-16(9)8-11-7-10(13(15)17)4-5-12(11)14/h4-5,7,9H,2-3,6,8H2,1H3,(H2,15,17). The molecule has 0 radical (unpaired) electrons. The molecule has 1 heterocycles. The molecule has 1 aliphatic rings. The highest BCUT2D eigenvalue weighted by Gasteiger charge is 2.21. The number of hydrogen-bond acceptors (Lipinski definition) is 2. The minimum absolute atomic E-state index is 0.177. The lowest BCUT2D eigenvalue weighted by Crippen LogP contribution is -2.26. The SMILES string of the molecule is CC1CCCN1Cc1cc(C(N)=S)ccc1F. The molecular weight excluding hydrogens is 235 g/mol. The summed E-state index contributed by atoms with van der Waals surface area (Å²) in [7, 11) is 0. The molecule has 1 fully saturated rings. The van der Waals surface area contributed by atoms with E-state index in [1.807, 2.05) is 0 Å². The van der Waals surface area contributed by atoms with Crippen molar-refractivity contribution in [3.05, 3.63) is 35.1 Å². The van der Waals surface area contributed by atoms with E-state index in [-0.39, 0.29) is 5.82 Å². The Bertz CT molecular complexity index is 433. The minimum Gasteiger partial charge on any atom is -0.389 e. The van der Waals surface area contributed by atoms with Gasteiger partial charge in [-0.1, -0.05) is 12.2 Å². The third-order valence-corrected chi connectivity index (χ3v) is 3.63. The van der Waals surface area contributed by atoms with E-state index in [1.54, 1.807) is 12.1 Å². The van der Waals surface area contributed by atoms with Crippen molar-refractivity contribution in [3.8, 4) is 0 Å². The van der Waals surface area contributed by atoms with E-state index >= 15 is 0 Å². The molecule has 0 aliphatic carbocycles. The maximum Gasteiger partial charge on any atom is 0.127 e. The molecule has 2 N–H and O–H groups in total. The highest BCUT2D eigenvalue weighted by atomic mass is 32.1. The molecular formula is C13H17FN2S. The molecule has 0 aromatic heterocycles. The number of rotatable bonds is 3. The summed E-state index contributed by atoms with van der Waals surface area (Å²) >= 11 is 4.91. The van der Waals surface area contributed by atoms with Gasteiger partial charge in [-0.25, -0.2) is 4.39 Å². The Labute approximate surface area is 107 Å². The molecule has 92 valence electrons. The van der Waals surface area contributed by atoms with E-state index in [0.717, 1.165) is 12.1 Å². The van der Waals surface area contributed by atoms with Gasteiger partial charge < -0.3 is 5.73 Å². The average molecular weight is 252 g/mol. The highest BCUT2D eigenvalue weighted by molar-refractivity contribution is 7.80. The van der Waals surface area contributed by atoms with Gasteiger partial charge in [-0.2, -0.15) is 0 Å². The van der Waals surface area contributed by atoms with Crippen LogP contribution in [0.4, 0.5) is 4.39 Å². The van der Waals surface area contributed by atoms with E-state index in [0.29, 0.717) is 23.1 Å². The van der Waals surface area contributed by atoms with Crippen molar-refractivity contribution in [2.24, 2.45) is 5.73 Å². The third kappa shape index (κ3) is 2.82. The summed E-state index contributed by atoms with van der Waals surface area (Å²) in [4.78, 5) is 2.61. The molecule has 0 bridgehead atoms. The predicted molar refractivity (Wildman–Crippen MR) is 71.4 cm³/mol. The lowest BCUT2D eigenvalue weighted by molar-refractivity contribution is 0.256. The van der Waals surface area contributed by atoms with Gasteiger partial charge in [-0.05, 0) is 44.5 Å². The van der Waals surface area contributed by atoms with Gasteiger partial charge in [0.05, 0.1) is 0 Å². The Kier molecular flexibility index (Phi) is 3.74. The van der Waals surface area contributed by atoms with E-state index in [9.17, 15) is 4.39 Å². The van der Waals surface area contributed by atoms with Crippen LogP contribution in [0.3, 0.4) is 0 Å². The molecule has 1 atom stereocenters. The summed E-state index contributed by atoms with van der Waals surface area (Å²) in [6.45, 7) is 3.86. The van der Waals surface area contributed by atoms with Crippen LogP contribution in [0.15, 0.2) is 18.2 Å². The fourth-order valence-electron chi connectivity index (χ4n) is 2.30. The summed E-state index contributed by atoms with van der Waals surface area (Å²) in [5.41, 5.74) is 6.99. The second-order valence-corrected chi connectivity index (χ2v) is 5.07. The van der Waals surface area contributed by atoms with Crippen LogP contribution in [0.1, 0.15) is 30.9 Å². The van der Waals surface area contributed by atoms with Gasteiger partial charge in [0.15, 0.2) is 0 Å². The molecule has 4 heteroatoms. The molecule has 0 saturated carbocycles. The predicted octanol–water partition coefficient (Wildman–Crippen LogP) is 2.44. The largest absolute Gasteiger partial charge is 0.389 e. The van der Waals surface area contributed by atoms with Crippen molar-refractivity contribution in [1.29, 1.82) is 0 Å². The van der Waals surface area contributed by atoms with Crippen molar-refractivity contribution in [2.45, 2.75) is 32.4 Å². The fourth-order valence-corrected chi connectivity index (χ4v) is 2.42. The molecule has 1 aliphatic heterocycles. The topological polar surface area (TPSA) is 29.3 Å². The van der Waals surface area contributed by atoms with Crippen LogP contribution >= 0.6 is 12.2 Å². The molecule has 17 heavy (non-hydrogen) atoms. The second kappa shape index (κ2) is 5.10. The molecule has 1 unspecified atom stereocenters. The van der Waals surface area contributed by atoms with Gasteiger partial charge >= 0.3 is 0 Å². The van der Waals surface area contributed by atoms with Crippen LogP contribution in [0.2, 0.25) is 0 Å². The third-order valence-electron chi connectivity index (χ3n) is 3.39. The van der Waals surface area contributed by atoms with Gasteiger partial charge in [0.25, 0.3) is 0 Å². The fraction of sp³-hybridized carbons (Fsp3) is 0.462. The normalized spacial score (nSPS) is 20.7. The Morgan fingerprint density at radius 3 is 2.94 bits per heavy atom. The second-order valence-electron chi connectivity index (χ2n) is 4.63. The number of benzene rings is 1. The summed E-state index contributed by atoms with van der Waals surface area (Å²) in [5, 5.41) is 0. The van der Waals surface area contributed by atoms with Crippen LogP contribution in [-0.2, 0) is 6.54 Å². The van der Waals surface area contributed by atoms with Gasteiger partial charge in [0, 0.05) is 23.7 Å². The minimum atomic E-state index is -0.177. The molecule has 1 saturated heterocycles. The number of halogens is 1. The van der Waals surface area contributed by atoms with Crippen molar-refractivity contribution in [2.75, 3.05) is 6.54 Å². The van der Waals surface area contributed by atoms with Gasteiger partial charge in [0.1, 0.15) is 10.8 Å². The molecule has 2 rings (SSSR count). The van der Waals surface area contributed by atoms with Crippen LogP contribution in [-0.4, -0.2) is 22.5 Å². The van der Waals surface area contributed by atoms with E-state index < -0.39 is 0 Å². The number of nitrogens with two attached hydrogens (primary N) is 1. The monoisotopic (exact) mass is 252 g/mol. The summed E-state index contributed by atoms with van der Waals surface area (Å²) in [6, 6.07) is 5.38. The summed E-state index contributed by atoms with van der Waals surface area (Å²) < 4.78 is 13.7. The first-order valence-corrected chi connectivity index (χ1v) is 6.31. The van der Waals surface area contributed by atoms with Crippen molar-refractivity contribution < 1.29 is 4.39 Å². The lowest BCUT2D eigenvalue weighted by atomic mass is 10.1. The van der Waals surface area contributed by atoms with E-state index in [4.69, 9.17) is 18.0 Å². The zero-order valence-electron chi connectivity index (χ0n) is 9.95. The molecule has 1 aromatic rings. The van der Waals surface area contributed by atoms with E-state index in [2.05, 4.69) is 11.8 Å². The van der Waals surface area contributed by atoms with Crippen LogP contribution in [0, 0.1) is 5.82 Å². The molecule has 1 aromatic carbocycles.